The van der Waals surface area contributed by atoms with Crippen molar-refractivity contribution in [3.8, 4) is 0 Å². The van der Waals surface area contributed by atoms with Crippen molar-refractivity contribution in [2.24, 2.45) is 5.73 Å². The van der Waals surface area contributed by atoms with Crippen LogP contribution in [0.4, 0.5) is 11.5 Å². The molecule has 1 atom stereocenters. The van der Waals surface area contributed by atoms with Crippen LogP contribution in [0.15, 0.2) is 48.8 Å². The molecule has 31 heavy (non-hydrogen) atoms. The van der Waals surface area contributed by atoms with Gasteiger partial charge < -0.3 is 20.5 Å². The van der Waals surface area contributed by atoms with Gasteiger partial charge in [-0.3, -0.25) is 14.5 Å². The number of H-pyrrole nitrogens is 1. The van der Waals surface area contributed by atoms with Gasteiger partial charge in [-0.15, -0.1) is 0 Å². The molecule has 4 heterocycles. The van der Waals surface area contributed by atoms with E-state index in [4.69, 9.17) is 5.73 Å². The maximum atomic E-state index is 12.2. The molecule has 3 N–H and O–H groups in total. The highest BCUT2D eigenvalue weighted by atomic mass is 16.2. The molecule has 2 aliphatic heterocycles. The first-order valence-corrected chi connectivity index (χ1v) is 10.7. The SMILES string of the molecule is NC(=O)C(=O)N1CC(CCN2CCN(c3cc4cc[nH]c4cn3)CC2)c2ccccc21. The van der Waals surface area contributed by atoms with Crippen LogP contribution < -0.4 is 15.5 Å². The van der Waals surface area contributed by atoms with E-state index in [0.717, 1.165) is 61.7 Å². The highest BCUT2D eigenvalue weighted by Crippen LogP contribution is 2.38. The summed E-state index contributed by atoms with van der Waals surface area (Å²) in [7, 11) is 0. The molecule has 3 aromatic rings. The number of benzene rings is 1. The lowest BCUT2D eigenvalue weighted by molar-refractivity contribution is -0.135. The Balaban J connectivity index is 1.19. The van der Waals surface area contributed by atoms with Gasteiger partial charge in [0, 0.05) is 55.9 Å². The van der Waals surface area contributed by atoms with Gasteiger partial charge in [-0.25, -0.2) is 4.98 Å². The van der Waals surface area contributed by atoms with Gasteiger partial charge in [-0.1, -0.05) is 18.2 Å². The summed E-state index contributed by atoms with van der Waals surface area (Å²) in [5, 5.41) is 1.18. The zero-order valence-electron chi connectivity index (χ0n) is 17.3. The summed E-state index contributed by atoms with van der Waals surface area (Å²) in [4.78, 5) is 37.8. The van der Waals surface area contributed by atoms with Gasteiger partial charge in [-0.2, -0.15) is 0 Å². The molecule has 1 saturated heterocycles. The van der Waals surface area contributed by atoms with E-state index in [9.17, 15) is 9.59 Å². The maximum absolute atomic E-state index is 12.2. The van der Waals surface area contributed by atoms with Crippen LogP contribution >= 0.6 is 0 Å². The van der Waals surface area contributed by atoms with Crippen LogP contribution in [0.25, 0.3) is 10.9 Å². The van der Waals surface area contributed by atoms with Crippen molar-refractivity contribution < 1.29 is 9.59 Å². The molecule has 160 valence electrons. The van der Waals surface area contributed by atoms with Crippen molar-refractivity contribution in [1.29, 1.82) is 0 Å². The minimum atomic E-state index is -0.905. The fraction of sp³-hybridized carbons (Fsp3) is 0.348. The zero-order chi connectivity index (χ0) is 21.4. The van der Waals surface area contributed by atoms with Crippen LogP contribution in [-0.2, 0) is 9.59 Å². The van der Waals surface area contributed by atoms with Crippen molar-refractivity contribution in [3.63, 3.8) is 0 Å². The second-order valence-electron chi connectivity index (χ2n) is 8.26. The molecule has 0 saturated carbocycles. The Morgan fingerprint density at radius 1 is 1.13 bits per heavy atom. The summed E-state index contributed by atoms with van der Waals surface area (Å²) < 4.78 is 0. The second kappa shape index (κ2) is 8.03. The number of hydrogen-bond acceptors (Lipinski definition) is 5. The molecular weight excluding hydrogens is 392 g/mol. The highest BCUT2D eigenvalue weighted by molar-refractivity contribution is 6.40. The predicted molar refractivity (Wildman–Crippen MR) is 120 cm³/mol. The van der Waals surface area contributed by atoms with E-state index in [1.807, 2.05) is 30.6 Å². The average molecular weight is 419 g/mol. The van der Waals surface area contributed by atoms with Gasteiger partial charge in [0.2, 0.25) is 0 Å². The summed E-state index contributed by atoms with van der Waals surface area (Å²) in [5.41, 5.74) is 8.24. The minimum absolute atomic E-state index is 0.218. The van der Waals surface area contributed by atoms with Crippen molar-refractivity contribution in [2.45, 2.75) is 12.3 Å². The number of nitrogens with one attached hydrogen (secondary N) is 1. The fourth-order valence-corrected chi connectivity index (χ4v) is 4.72. The number of piperazine rings is 1. The van der Waals surface area contributed by atoms with Gasteiger partial charge in [0.15, 0.2) is 0 Å². The number of rotatable bonds is 4. The number of carbonyl (C=O) groups is 2. The topological polar surface area (TPSA) is 98.6 Å². The van der Waals surface area contributed by atoms with Gasteiger partial charge in [0.1, 0.15) is 5.82 Å². The highest BCUT2D eigenvalue weighted by Gasteiger charge is 2.34. The van der Waals surface area contributed by atoms with Crippen LogP contribution in [-0.4, -0.2) is 66.0 Å². The number of nitrogens with two attached hydrogens (primary N) is 1. The van der Waals surface area contributed by atoms with Crippen LogP contribution in [0.1, 0.15) is 17.9 Å². The van der Waals surface area contributed by atoms with E-state index in [1.54, 1.807) is 0 Å². The zero-order valence-corrected chi connectivity index (χ0v) is 17.3. The largest absolute Gasteiger partial charge is 0.361 e. The lowest BCUT2D eigenvalue weighted by Crippen LogP contribution is -2.47. The summed E-state index contributed by atoms with van der Waals surface area (Å²) in [5.74, 6) is -0.291. The number of anilines is 2. The Bertz CT molecular complexity index is 1120. The number of aromatic nitrogens is 2. The van der Waals surface area contributed by atoms with Crippen molar-refractivity contribution in [1.82, 2.24) is 14.9 Å². The predicted octanol–water partition coefficient (Wildman–Crippen LogP) is 1.69. The monoisotopic (exact) mass is 418 g/mol. The third kappa shape index (κ3) is 3.74. The van der Waals surface area contributed by atoms with Gasteiger partial charge in [-0.05, 0) is 36.7 Å². The summed E-state index contributed by atoms with van der Waals surface area (Å²) in [6.45, 7) is 5.31. The Morgan fingerprint density at radius 3 is 2.74 bits per heavy atom. The first-order valence-electron chi connectivity index (χ1n) is 10.7. The normalized spacial score (nSPS) is 19.0. The summed E-state index contributed by atoms with van der Waals surface area (Å²) >= 11 is 0. The Kier molecular flexibility index (Phi) is 5.07. The lowest BCUT2D eigenvalue weighted by Gasteiger charge is -2.35. The second-order valence-corrected chi connectivity index (χ2v) is 8.26. The number of amides is 2. The maximum Gasteiger partial charge on any atom is 0.316 e. The quantitative estimate of drug-likeness (QED) is 0.629. The molecule has 8 nitrogen and oxygen atoms in total. The third-order valence-electron chi connectivity index (χ3n) is 6.44. The van der Waals surface area contributed by atoms with E-state index in [1.165, 1.54) is 10.3 Å². The molecule has 0 aliphatic carbocycles. The minimum Gasteiger partial charge on any atom is -0.361 e. The van der Waals surface area contributed by atoms with Crippen LogP contribution in [0.2, 0.25) is 0 Å². The Morgan fingerprint density at radius 2 is 1.94 bits per heavy atom. The number of hydrogen-bond donors (Lipinski definition) is 2. The number of aromatic amines is 1. The molecule has 5 rings (SSSR count). The van der Waals surface area contributed by atoms with Crippen molar-refractivity contribution in [3.05, 3.63) is 54.4 Å². The van der Waals surface area contributed by atoms with Gasteiger partial charge >= 0.3 is 11.8 Å². The van der Waals surface area contributed by atoms with E-state index >= 15 is 0 Å². The molecule has 2 amide bonds. The van der Waals surface area contributed by atoms with Crippen molar-refractivity contribution >= 4 is 34.2 Å². The van der Waals surface area contributed by atoms with Gasteiger partial charge in [0.25, 0.3) is 0 Å². The molecule has 1 unspecified atom stereocenters. The van der Waals surface area contributed by atoms with Gasteiger partial charge in [0.05, 0.1) is 11.7 Å². The number of nitrogens with zero attached hydrogens (tertiary/aromatic N) is 4. The van der Waals surface area contributed by atoms with E-state index in [2.05, 4.69) is 38.0 Å². The average Bonchev–Trinajstić information content (AvgIpc) is 3.41. The molecular formula is C23H26N6O2. The molecule has 0 bridgehead atoms. The lowest BCUT2D eigenvalue weighted by atomic mass is 9.97. The van der Waals surface area contributed by atoms with Crippen LogP contribution in [0, 0.1) is 0 Å². The number of pyridine rings is 1. The molecule has 2 aliphatic rings. The van der Waals surface area contributed by atoms with E-state index < -0.39 is 11.8 Å². The molecule has 8 heteroatoms. The molecule has 0 spiro atoms. The summed E-state index contributed by atoms with van der Waals surface area (Å²) in [6, 6.07) is 12.0. The third-order valence-corrected chi connectivity index (χ3v) is 6.44. The number of fused-ring (bicyclic) bond motifs is 2. The fourth-order valence-electron chi connectivity index (χ4n) is 4.72. The first-order chi connectivity index (χ1) is 15.1. The number of primary amides is 1. The Labute approximate surface area is 180 Å². The smallest absolute Gasteiger partial charge is 0.316 e. The molecule has 2 aromatic heterocycles. The molecule has 0 radical (unpaired) electrons. The first kappa shape index (κ1) is 19.6. The van der Waals surface area contributed by atoms with E-state index in [0.29, 0.717) is 6.54 Å². The summed E-state index contributed by atoms with van der Waals surface area (Å²) in [6.07, 6.45) is 4.77. The van der Waals surface area contributed by atoms with E-state index in [-0.39, 0.29) is 5.92 Å². The number of carbonyl (C=O) groups excluding carboxylic acids is 2. The van der Waals surface area contributed by atoms with Crippen LogP contribution in [0.5, 0.6) is 0 Å². The number of para-hydroxylation sites is 1. The Hall–Kier alpha value is -3.39. The standard InChI is InChI=1S/C23H26N6O2/c24-22(30)23(31)29-15-17(18-3-1-2-4-20(18)29)6-8-27-9-11-28(12-10-27)21-13-16-5-7-25-19(16)14-26-21/h1-5,7,13-14,17,25H,6,8-12,15H2,(H2,24,30). The van der Waals surface area contributed by atoms with Crippen molar-refractivity contribution in [2.75, 3.05) is 49.1 Å². The molecule has 1 fully saturated rings. The van der Waals surface area contributed by atoms with Crippen LogP contribution in [0.3, 0.4) is 0 Å². The molecule has 1 aromatic carbocycles.